The summed E-state index contributed by atoms with van der Waals surface area (Å²) in [7, 11) is 0. The highest BCUT2D eigenvalue weighted by Crippen LogP contribution is 2.25. The first-order valence-electron chi connectivity index (χ1n) is 5.64. The van der Waals surface area contributed by atoms with Crippen LogP contribution in [0.1, 0.15) is 24.3 Å². The van der Waals surface area contributed by atoms with Gasteiger partial charge in [0, 0.05) is 11.4 Å². The third-order valence-corrected chi connectivity index (χ3v) is 4.30. The van der Waals surface area contributed by atoms with Crippen molar-refractivity contribution >= 4 is 33.8 Å². The Hall–Kier alpha value is -0.940. The molecule has 5 heteroatoms. The van der Waals surface area contributed by atoms with E-state index in [1.807, 2.05) is 13.8 Å². The molecule has 0 aliphatic carbocycles. The van der Waals surface area contributed by atoms with Gasteiger partial charge in [0.1, 0.15) is 4.83 Å². The van der Waals surface area contributed by atoms with E-state index in [-0.39, 0.29) is 5.56 Å². The van der Waals surface area contributed by atoms with Gasteiger partial charge in [-0.15, -0.1) is 11.3 Å². The van der Waals surface area contributed by atoms with E-state index in [1.54, 1.807) is 15.9 Å². The summed E-state index contributed by atoms with van der Waals surface area (Å²) in [5, 5.41) is 0.793. The zero-order valence-electron chi connectivity index (χ0n) is 10.5. The third kappa shape index (κ3) is 2.09. The van der Waals surface area contributed by atoms with Crippen molar-refractivity contribution < 1.29 is 0 Å². The molecule has 2 aromatic rings. The van der Waals surface area contributed by atoms with Gasteiger partial charge in [-0.3, -0.25) is 9.36 Å². The first-order chi connectivity index (χ1) is 7.91. The molecule has 0 aromatic carbocycles. The molecule has 0 spiro atoms. The summed E-state index contributed by atoms with van der Waals surface area (Å²) in [5.41, 5.74) is 1.11. The molecule has 2 aromatic heterocycles. The number of H-pyrrole nitrogens is 1. The van der Waals surface area contributed by atoms with E-state index < -0.39 is 0 Å². The van der Waals surface area contributed by atoms with Gasteiger partial charge in [-0.2, -0.15) is 0 Å². The zero-order chi connectivity index (χ0) is 12.7. The molecule has 0 aliphatic rings. The first kappa shape index (κ1) is 12.5. The summed E-state index contributed by atoms with van der Waals surface area (Å²) in [4.78, 5) is 17.6. The summed E-state index contributed by atoms with van der Waals surface area (Å²) in [5.74, 6) is 0.403. The molecule has 2 rings (SSSR count). The van der Waals surface area contributed by atoms with Crippen molar-refractivity contribution in [2.45, 2.75) is 34.2 Å². The predicted octanol–water partition coefficient (Wildman–Crippen LogP) is 3.39. The smallest absolute Gasteiger partial charge is 0.263 e. The van der Waals surface area contributed by atoms with E-state index in [0.29, 0.717) is 17.2 Å². The second-order valence-electron chi connectivity index (χ2n) is 4.73. The van der Waals surface area contributed by atoms with E-state index in [2.05, 4.69) is 18.8 Å². The summed E-state index contributed by atoms with van der Waals surface area (Å²) < 4.78 is 2.19. The Kier molecular flexibility index (Phi) is 3.23. The summed E-state index contributed by atoms with van der Waals surface area (Å²) >= 11 is 6.85. The fraction of sp³-hybridized carbons (Fsp3) is 0.500. The van der Waals surface area contributed by atoms with E-state index in [9.17, 15) is 4.79 Å². The maximum Gasteiger partial charge on any atom is 0.263 e. The lowest BCUT2D eigenvalue weighted by Gasteiger charge is -2.08. The predicted molar refractivity (Wildman–Crippen MR) is 75.6 cm³/mol. The summed E-state index contributed by atoms with van der Waals surface area (Å²) in [6, 6.07) is 0. The van der Waals surface area contributed by atoms with Crippen LogP contribution in [0.25, 0.3) is 10.2 Å². The number of fused-ring (bicyclic) bond motifs is 1. The Morgan fingerprint density at radius 1 is 1.41 bits per heavy atom. The highest BCUT2D eigenvalue weighted by Gasteiger charge is 2.13. The SMILES string of the molecule is Cc1sc2[nH]c(=S)n(CC(C)C)c(=O)c2c1C. The largest absolute Gasteiger partial charge is 0.323 e. The minimum atomic E-state index is 0.0410. The van der Waals surface area contributed by atoms with Crippen LogP contribution in [0.4, 0.5) is 0 Å². The van der Waals surface area contributed by atoms with E-state index >= 15 is 0 Å². The van der Waals surface area contributed by atoms with Crippen molar-refractivity contribution in [2.75, 3.05) is 0 Å². The number of thiophene rings is 1. The van der Waals surface area contributed by atoms with Crippen LogP contribution in [0.2, 0.25) is 0 Å². The molecular weight excluding hydrogens is 252 g/mol. The molecule has 0 amide bonds. The number of aryl methyl sites for hydroxylation is 2. The minimum absolute atomic E-state index is 0.0410. The number of rotatable bonds is 2. The van der Waals surface area contributed by atoms with Crippen LogP contribution < -0.4 is 5.56 Å². The molecular formula is C12H16N2OS2. The number of hydrogen-bond acceptors (Lipinski definition) is 3. The average Bonchev–Trinajstić information content (AvgIpc) is 2.49. The van der Waals surface area contributed by atoms with Crippen LogP contribution in [-0.2, 0) is 6.54 Å². The Balaban J connectivity index is 2.83. The fourth-order valence-corrected chi connectivity index (χ4v) is 3.27. The van der Waals surface area contributed by atoms with Crippen LogP contribution in [0, 0.1) is 24.5 Å². The molecule has 0 unspecified atom stereocenters. The molecule has 3 nitrogen and oxygen atoms in total. The lowest BCUT2D eigenvalue weighted by atomic mass is 10.2. The van der Waals surface area contributed by atoms with Gasteiger partial charge in [-0.05, 0) is 37.5 Å². The van der Waals surface area contributed by atoms with Gasteiger partial charge >= 0.3 is 0 Å². The molecule has 0 fully saturated rings. The highest BCUT2D eigenvalue weighted by atomic mass is 32.1. The molecule has 17 heavy (non-hydrogen) atoms. The highest BCUT2D eigenvalue weighted by molar-refractivity contribution is 7.71. The Morgan fingerprint density at radius 2 is 2.06 bits per heavy atom. The van der Waals surface area contributed by atoms with Gasteiger partial charge in [0.25, 0.3) is 5.56 Å². The van der Waals surface area contributed by atoms with E-state index in [1.165, 1.54) is 4.88 Å². The number of hydrogen-bond donors (Lipinski definition) is 1. The van der Waals surface area contributed by atoms with Crippen molar-refractivity contribution in [3.8, 4) is 0 Å². The molecule has 92 valence electrons. The first-order valence-corrected chi connectivity index (χ1v) is 6.87. The molecule has 2 heterocycles. The lowest BCUT2D eigenvalue weighted by Crippen LogP contribution is -2.24. The monoisotopic (exact) mass is 268 g/mol. The second kappa shape index (κ2) is 4.38. The molecule has 0 atom stereocenters. The molecule has 0 saturated carbocycles. The van der Waals surface area contributed by atoms with Gasteiger partial charge in [0.2, 0.25) is 0 Å². The van der Waals surface area contributed by atoms with Gasteiger partial charge in [-0.1, -0.05) is 13.8 Å². The Bertz CT molecular complexity index is 676. The van der Waals surface area contributed by atoms with Gasteiger partial charge < -0.3 is 4.98 Å². The average molecular weight is 268 g/mol. The Morgan fingerprint density at radius 3 is 2.65 bits per heavy atom. The number of nitrogens with zero attached hydrogens (tertiary/aromatic N) is 1. The second-order valence-corrected chi connectivity index (χ2v) is 6.34. The van der Waals surface area contributed by atoms with Gasteiger partial charge in [-0.25, -0.2) is 0 Å². The minimum Gasteiger partial charge on any atom is -0.323 e. The maximum absolute atomic E-state index is 12.4. The molecule has 0 saturated heterocycles. The molecule has 0 aliphatic heterocycles. The van der Waals surface area contributed by atoms with Gasteiger partial charge in [0.15, 0.2) is 4.77 Å². The van der Waals surface area contributed by atoms with Crippen molar-refractivity contribution in [1.29, 1.82) is 0 Å². The standard InChI is InChI=1S/C12H16N2OS2/c1-6(2)5-14-11(15)9-7(3)8(4)17-10(9)13-12(14)16/h6H,5H2,1-4H3,(H,13,16). The van der Waals surface area contributed by atoms with Crippen LogP contribution in [0.3, 0.4) is 0 Å². The topological polar surface area (TPSA) is 37.8 Å². The number of aromatic nitrogens is 2. The van der Waals surface area contributed by atoms with Crippen LogP contribution in [-0.4, -0.2) is 9.55 Å². The summed E-state index contributed by atoms with van der Waals surface area (Å²) in [6.45, 7) is 8.85. The zero-order valence-corrected chi connectivity index (χ0v) is 12.1. The normalized spacial score (nSPS) is 11.6. The molecule has 0 radical (unpaired) electrons. The van der Waals surface area contributed by atoms with Crippen molar-refractivity contribution in [3.05, 3.63) is 25.6 Å². The van der Waals surface area contributed by atoms with Crippen LogP contribution in [0.5, 0.6) is 0 Å². The lowest BCUT2D eigenvalue weighted by molar-refractivity contribution is 0.503. The third-order valence-electron chi connectivity index (χ3n) is 2.86. The van der Waals surface area contributed by atoms with E-state index in [0.717, 1.165) is 15.8 Å². The number of nitrogens with one attached hydrogen (secondary N) is 1. The Labute approximate surface area is 109 Å². The number of aromatic amines is 1. The van der Waals surface area contributed by atoms with Crippen molar-refractivity contribution in [3.63, 3.8) is 0 Å². The molecule has 0 bridgehead atoms. The quantitative estimate of drug-likeness (QED) is 0.848. The van der Waals surface area contributed by atoms with Crippen molar-refractivity contribution in [1.82, 2.24) is 9.55 Å². The fourth-order valence-electron chi connectivity index (χ4n) is 1.90. The maximum atomic E-state index is 12.4. The van der Waals surface area contributed by atoms with Crippen molar-refractivity contribution in [2.24, 2.45) is 5.92 Å². The summed E-state index contributed by atoms with van der Waals surface area (Å²) in [6.07, 6.45) is 0. The molecule has 1 N–H and O–H groups in total. The van der Waals surface area contributed by atoms with Gasteiger partial charge in [0.05, 0.1) is 5.39 Å². The van der Waals surface area contributed by atoms with E-state index in [4.69, 9.17) is 12.2 Å². The van der Waals surface area contributed by atoms with Crippen LogP contribution in [0.15, 0.2) is 4.79 Å². The van der Waals surface area contributed by atoms with Crippen LogP contribution >= 0.6 is 23.6 Å².